The van der Waals surface area contributed by atoms with Crippen LogP contribution in [0.3, 0.4) is 0 Å². The van der Waals surface area contributed by atoms with E-state index in [1.807, 2.05) is 6.07 Å². The monoisotopic (exact) mass is 485 g/mol. The fourth-order valence-electron chi connectivity index (χ4n) is 9.50. The van der Waals surface area contributed by atoms with Gasteiger partial charge in [-0.25, -0.2) is 0 Å². The summed E-state index contributed by atoms with van der Waals surface area (Å²) in [4.78, 5) is 0. The highest BCUT2D eigenvalue weighted by atomic mass is 35.5. The van der Waals surface area contributed by atoms with E-state index in [9.17, 15) is 0 Å². The van der Waals surface area contributed by atoms with Gasteiger partial charge in [0.05, 0.1) is 11.0 Å². The Morgan fingerprint density at radius 3 is 2.14 bits per heavy atom. The van der Waals surface area contributed by atoms with Crippen molar-refractivity contribution >= 4 is 33.4 Å². The molecule has 4 fully saturated rings. The lowest BCUT2D eigenvalue weighted by atomic mass is 9.43. The highest BCUT2D eigenvalue weighted by molar-refractivity contribution is 6.31. The van der Waals surface area contributed by atoms with Gasteiger partial charge in [-0.2, -0.15) is 0 Å². The summed E-state index contributed by atoms with van der Waals surface area (Å²) in [5, 5.41) is 3.35. The molecule has 1 aromatic heterocycles. The third kappa shape index (κ3) is 2.34. The summed E-state index contributed by atoms with van der Waals surface area (Å²) in [6.07, 6.45) is 7.14. The molecule has 1 nitrogen and oxygen atoms in total. The van der Waals surface area contributed by atoms with Crippen molar-refractivity contribution in [2.75, 3.05) is 0 Å². The average Bonchev–Trinajstić information content (AvgIpc) is 3.37. The molecule has 5 aliphatic carbocycles. The molecule has 0 unspecified atom stereocenters. The lowest BCUT2D eigenvalue weighted by Gasteiger charge is -2.61. The van der Waals surface area contributed by atoms with Gasteiger partial charge in [-0.3, -0.25) is 0 Å². The van der Waals surface area contributed by atoms with Gasteiger partial charge in [0.25, 0.3) is 0 Å². The number of hydrogen-bond donors (Lipinski definition) is 0. The first-order chi connectivity index (χ1) is 17.7. The second-order valence-corrected chi connectivity index (χ2v) is 12.4. The van der Waals surface area contributed by atoms with Crippen LogP contribution in [0.2, 0.25) is 5.02 Å². The molecular weight excluding hydrogens is 458 g/mol. The topological polar surface area (TPSA) is 4.93 Å². The normalized spacial score (nSPS) is 29.4. The molecule has 4 bridgehead atoms. The van der Waals surface area contributed by atoms with Crippen molar-refractivity contribution in [3.05, 3.63) is 101 Å². The summed E-state index contributed by atoms with van der Waals surface area (Å²) < 4.78 is 2.45. The fraction of sp³-hybridized carbons (Fsp3) is 0.294. The van der Waals surface area contributed by atoms with E-state index in [0.717, 1.165) is 28.7 Å². The second kappa shape index (κ2) is 6.84. The number of para-hydroxylation sites is 1. The van der Waals surface area contributed by atoms with Crippen LogP contribution in [0.5, 0.6) is 0 Å². The highest BCUT2D eigenvalue weighted by Gasteiger charge is 2.61. The molecule has 0 amide bonds. The Bertz CT molecular complexity index is 1690. The van der Waals surface area contributed by atoms with Gasteiger partial charge in [0.15, 0.2) is 0 Å². The predicted molar refractivity (Wildman–Crippen MR) is 149 cm³/mol. The maximum Gasteiger partial charge on any atom is 0.0555 e. The largest absolute Gasteiger partial charge is 0.309 e. The number of aromatic nitrogens is 1. The molecule has 176 valence electrons. The van der Waals surface area contributed by atoms with E-state index in [1.165, 1.54) is 70.7 Å². The van der Waals surface area contributed by atoms with Crippen molar-refractivity contribution in [2.45, 2.75) is 37.5 Å². The summed E-state index contributed by atoms with van der Waals surface area (Å²) >= 11 is 6.55. The Morgan fingerprint density at radius 2 is 1.31 bits per heavy atom. The van der Waals surface area contributed by atoms with Crippen LogP contribution < -0.4 is 0 Å². The molecule has 0 radical (unpaired) electrons. The van der Waals surface area contributed by atoms with Crippen LogP contribution in [0.25, 0.3) is 38.6 Å². The van der Waals surface area contributed by atoms with Crippen LogP contribution in [-0.2, 0) is 5.41 Å². The van der Waals surface area contributed by atoms with E-state index in [4.69, 9.17) is 11.6 Å². The number of hydrogen-bond acceptors (Lipinski definition) is 0. The standard InChI is InChI=1S/C34H28ClN/c35-24-9-11-29-28-6-2-4-8-32(28)36(33(29)18-24)25-10-12-27-26-5-1-3-7-30(26)34(31(27)19-25)22-14-20-13-21(16-22)17-23(34)15-20/h1-12,18-23H,13-17H2. The molecule has 36 heavy (non-hydrogen) atoms. The molecule has 1 spiro atoms. The Kier molecular flexibility index (Phi) is 3.81. The Morgan fingerprint density at radius 1 is 0.611 bits per heavy atom. The van der Waals surface area contributed by atoms with Gasteiger partial charge in [0.1, 0.15) is 0 Å². The first-order valence-corrected chi connectivity index (χ1v) is 14.0. The smallest absolute Gasteiger partial charge is 0.0555 e. The third-order valence-electron chi connectivity index (χ3n) is 10.4. The minimum atomic E-state index is 0.186. The van der Waals surface area contributed by atoms with Crippen molar-refractivity contribution in [1.29, 1.82) is 0 Å². The molecule has 2 heteroatoms. The van der Waals surface area contributed by atoms with E-state index in [1.54, 1.807) is 11.1 Å². The van der Waals surface area contributed by atoms with Crippen LogP contribution in [-0.4, -0.2) is 4.57 Å². The lowest BCUT2D eigenvalue weighted by molar-refractivity contribution is -0.0399. The summed E-state index contributed by atoms with van der Waals surface area (Å²) in [6.45, 7) is 0. The maximum absolute atomic E-state index is 6.55. The molecule has 0 saturated heterocycles. The quantitative estimate of drug-likeness (QED) is 0.223. The first-order valence-electron chi connectivity index (χ1n) is 13.7. The number of halogens is 1. The van der Waals surface area contributed by atoms with Gasteiger partial charge in [-0.05, 0) is 108 Å². The average molecular weight is 486 g/mol. The molecule has 5 aromatic rings. The SMILES string of the molecule is Clc1ccc2c3ccccc3n(-c3ccc4c(c3)C3(c5ccccc5-4)C4CC5CC(C4)CC3C5)c2c1. The number of nitrogens with zero attached hydrogens (tertiary/aromatic N) is 1. The minimum absolute atomic E-state index is 0.186. The van der Waals surface area contributed by atoms with Crippen LogP contribution in [0.1, 0.15) is 43.2 Å². The molecule has 0 N–H and O–H groups in total. The van der Waals surface area contributed by atoms with Crippen LogP contribution in [0.4, 0.5) is 0 Å². The Balaban J connectivity index is 1.35. The van der Waals surface area contributed by atoms with Crippen molar-refractivity contribution in [3.8, 4) is 16.8 Å². The van der Waals surface area contributed by atoms with Crippen LogP contribution in [0, 0.1) is 23.7 Å². The Hall–Kier alpha value is -3.03. The summed E-state index contributed by atoms with van der Waals surface area (Å²) in [5.74, 6) is 3.46. The van der Waals surface area contributed by atoms with Crippen molar-refractivity contribution in [2.24, 2.45) is 23.7 Å². The maximum atomic E-state index is 6.55. The molecular formula is C34H28ClN. The zero-order valence-corrected chi connectivity index (χ0v) is 21.0. The molecule has 4 aromatic carbocycles. The van der Waals surface area contributed by atoms with Gasteiger partial charge in [-0.15, -0.1) is 0 Å². The molecule has 10 rings (SSSR count). The van der Waals surface area contributed by atoms with Gasteiger partial charge < -0.3 is 4.57 Å². The molecule has 1 heterocycles. The summed E-state index contributed by atoms with van der Waals surface area (Å²) in [7, 11) is 0. The molecule has 4 saturated carbocycles. The van der Waals surface area contributed by atoms with E-state index in [0.29, 0.717) is 0 Å². The van der Waals surface area contributed by atoms with Gasteiger partial charge in [0, 0.05) is 26.9 Å². The first kappa shape index (κ1) is 20.1. The van der Waals surface area contributed by atoms with E-state index < -0.39 is 0 Å². The molecule has 0 aliphatic heterocycles. The second-order valence-electron chi connectivity index (χ2n) is 12.0. The third-order valence-corrected chi connectivity index (χ3v) is 10.7. The van der Waals surface area contributed by atoms with Gasteiger partial charge in [0.2, 0.25) is 0 Å². The van der Waals surface area contributed by atoms with Crippen molar-refractivity contribution < 1.29 is 0 Å². The number of rotatable bonds is 1. The summed E-state index contributed by atoms with van der Waals surface area (Å²) in [6, 6.07) is 31.8. The van der Waals surface area contributed by atoms with Crippen molar-refractivity contribution in [1.82, 2.24) is 4.57 Å². The fourth-order valence-corrected chi connectivity index (χ4v) is 9.67. The van der Waals surface area contributed by atoms with E-state index in [2.05, 4.69) is 83.4 Å². The Labute approximate surface area is 216 Å². The zero-order chi connectivity index (χ0) is 23.6. The highest BCUT2D eigenvalue weighted by Crippen LogP contribution is 2.69. The van der Waals surface area contributed by atoms with Crippen LogP contribution in [0.15, 0.2) is 84.9 Å². The van der Waals surface area contributed by atoms with E-state index in [-0.39, 0.29) is 5.41 Å². The summed E-state index contributed by atoms with van der Waals surface area (Å²) in [5.41, 5.74) is 10.1. The predicted octanol–water partition coefficient (Wildman–Crippen LogP) is 9.16. The van der Waals surface area contributed by atoms with Crippen molar-refractivity contribution in [3.63, 3.8) is 0 Å². The number of benzene rings is 4. The lowest BCUT2D eigenvalue weighted by Crippen LogP contribution is -2.55. The van der Waals surface area contributed by atoms with Crippen LogP contribution >= 0.6 is 11.6 Å². The molecule has 0 atom stereocenters. The van der Waals surface area contributed by atoms with Gasteiger partial charge >= 0.3 is 0 Å². The zero-order valence-electron chi connectivity index (χ0n) is 20.3. The molecule has 5 aliphatic rings. The minimum Gasteiger partial charge on any atom is -0.309 e. The van der Waals surface area contributed by atoms with Gasteiger partial charge in [-0.1, -0.05) is 66.2 Å². The van der Waals surface area contributed by atoms with E-state index >= 15 is 0 Å². The number of fused-ring (bicyclic) bond motifs is 6.